The van der Waals surface area contributed by atoms with Crippen molar-refractivity contribution in [2.75, 3.05) is 13.1 Å². The normalized spacial score (nSPS) is 18.0. The lowest BCUT2D eigenvalue weighted by Crippen LogP contribution is -2.39. The number of carbonyl (C=O) groups is 1. The third-order valence-corrected chi connectivity index (χ3v) is 5.64. The van der Waals surface area contributed by atoms with Gasteiger partial charge < -0.3 is 4.90 Å². The maximum atomic E-state index is 13.1. The standard InChI is InChI=1S/C19H19N3OS/c1-13-11-21-18(24-13)15-7-4-10-22(12-15)19(23)16-8-2-5-14-6-3-9-20-17(14)16/h2-3,5-6,8-9,11,15H,4,7,10,12H2,1H3. The maximum absolute atomic E-state index is 13.1. The Hall–Kier alpha value is -2.27. The Balaban J connectivity index is 1.61. The van der Waals surface area contributed by atoms with E-state index in [4.69, 9.17) is 0 Å². The summed E-state index contributed by atoms with van der Waals surface area (Å²) in [6.07, 6.45) is 5.80. The minimum absolute atomic E-state index is 0.0808. The van der Waals surface area contributed by atoms with Crippen molar-refractivity contribution < 1.29 is 4.79 Å². The summed E-state index contributed by atoms with van der Waals surface area (Å²) in [5, 5.41) is 2.16. The first kappa shape index (κ1) is 15.3. The van der Waals surface area contributed by atoms with E-state index in [2.05, 4.69) is 16.9 Å². The molecule has 3 aromatic rings. The van der Waals surface area contributed by atoms with Crippen LogP contribution in [0.15, 0.2) is 42.7 Å². The number of nitrogens with zero attached hydrogens (tertiary/aromatic N) is 3. The Morgan fingerprint density at radius 2 is 2.12 bits per heavy atom. The number of carbonyl (C=O) groups excluding carboxylic acids is 1. The van der Waals surface area contributed by atoms with Crippen molar-refractivity contribution >= 4 is 28.1 Å². The Morgan fingerprint density at radius 1 is 1.25 bits per heavy atom. The van der Waals surface area contributed by atoms with Crippen molar-refractivity contribution in [2.45, 2.75) is 25.7 Å². The lowest BCUT2D eigenvalue weighted by atomic mass is 9.97. The van der Waals surface area contributed by atoms with E-state index in [-0.39, 0.29) is 5.91 Å². The van der Waals surface area contributed by atoms with Gasteiger partial charge in [0.2, 0.25) is 0 Å². The van der Waals surface area contributed by atoms with Gasteiger partial charge in [0.15, 0.2) is 0 Å². The summed E-state index contributed by atoms with van der Waals surface area (Å²) in [6.45, 7) is 3.63. The Bertz CT molecular complexity index is 884. The van der Waals surface area contributed by atoms with E-state index < -0.39 is 0 Å². The number of likely N-dealkylation sites (tertiary alicyclic amines) is 1. The summed E-state index contributed by atoms with van der Waals surface area (Å²) in [5.74, 6) is 0.432. The van der Waals surface area contributed by atoms with Gasteiger partial charge in [-0.2, -0.15) is 0 Å². The molecule has 0 N–H and O–H groups in total. The highest BCUT2D eigenvalue weighted by atomic mass is 32.1. The number of para-hydroxylation sites is 1. The minimum atomic E-state index is 0.0808. The molecule has 1 unspecified atom stereocenters. The second kappa shape index (κ2) is 6.32. The number of hydrogen-bond donors (Lipinski definition) is 0. The second-order valence-corrected chi connectivity index (χ2v) is 7.55. The number of pyridine rings is 1. The third-order valence-electron chi connectivity index (χ3n) is 4.56. The zero-order valence-electron chi connectivity index (χ0n) is 13.6. The molecular formula is C19H19N3OS. The van der Waals surface area contributed by atoms with Crippen LogP contribution in [0.5, 0.6) is 0 Å². The van der Waals surface area contributed by atoms with Crippen LogP contribution in [-0.2, 0) is 0 Å². The molecule has 4 rings (SSSR count). The first-order valence-electron chi connectivity index (χ1n) is 8.28. The van der Waals surface area contributed by atoms with Gasteiger partial charge >= 0.3 is 0 Å². The maximum Gasteiger partial charge on any atom is 0.256 e. The molecule has 0 aliphatic carbocycles. The quantitative estimate of drug-likeness (QED) is 0.709. The van der Waals surface area contributed by atoms with Gasteiger partial charge in [0.05, 0.1) is 16.1 Å². The van der Waals surface area contributed by atoms with Gasteiger partial charge in [-0.3, -0.25) is 9.78 Å². The molecule has 1 amide bonds. The molecule has 4 nitrogen and oxygen atoms in total. The van der Waals surface area contributed by atoms with E-state index >= 15 is 0 Å². The fraction of sp³-hybridized carbons (Fsp3) is 0.316. The molecule has 2 aromatic heterocycles. The Kier molecular flexibility index (Phi) is 4.02. The molecule has 1 aliphatic heterocycles. The van der Waals surface area contributed by atoms with Crippen LogP contribution < -0.4 is 0 Å². The molecule has 0 bridgehead atoms. The van der Waals surface area contributed by atoms with E-state index in [9.17, 15) is 4.79 Å². The molecule has 1 fully saturated rings. The SMILES string of the molecule is Cc1cnc(C2CCCN(C(=O)c3cccc4cccnc34)C2)s1. The number of benzene rings is 1. The molecule has 1 saturated heterocycles. The summed E-state index contributed by atoms with van der Waals surface area (Å²) < 4.78 is 0. The Labute approximate surface area is 145 Å². The van der Waals surface area contributed by atoms with Gasteiger partial charge in [-0.1, -0.05) is 18.2 Å². The number of thiazole rings is 1. The van der Waals surface area contributed by atoms with Gasteiger partial charge in [-0.05, 0) is 31.9 Å². The smallest absolute Gasteiger partial charge is 0.256 e. The van der Waals surface area contributed by atoms with E-state index in [0.717, 1.165) is 41.8 Å². The number of fused-ring (bicyclic) bond motifs is 1. The van der Waals surface area contributed by atoms with Crippen LogP contribution in [0.4, 0.5) is 0 Å². The number of aromatic nitrogens is 2. The van der Waals surface area contributed by atoms with Crippen LogP contribution in [0.2, 0.25) is 0 Å². The molecule has 0 saturated carbocycles. The molecule has 1 aromatic carbocycles. The highest BCUT2D eigenvalue weighted by molar-refractivity contribution is 7.11. The van der Waals surface area contributed by atoms with Crippen LogP contribution >= 0.6 is 11.3 Å². The topological polar surface area (TPSA) is 46.1 Å². The predicted molar refractivity (Wildman–Crippen MR) is 96.5 cm³/mol. The number of hydrogen-bond acceptors (Lipinski definition) is 4. The number of rotatable bonds is 2. The number of amides is 1. The van der Waals surface area contributed by atoms with Gasteiger partial charge in [0.25, 0.3) is 5.91 Å². The Morgan fingerprint density at radius 3 is 2.96 bits per heavy atom. The van der Waals surface area contributed by atoms with Crippen molar-refractivity contribution in [3.05, 3.63) is 58.2 Å². The van der Waals surface area contributed by atoms with Crippen molar-refractivity contribution in [1.82, 2.24) is 14.9 Å². The van der Waals surface area contributed by atoms with Crippen molar-refractivity contribution in [3.8, 4) is 0 Å². The molecule has 1 atom stereocenters. The van der Waals surface area contributed by atoms with E-state index in [1.165, 1.54) is 4.88 Å². The van der Waals surface area contributed by atoms with Crippen LogP contribution in [0.3, 0.4) is 0 Å². The van der Waals surface area contributed by atoms with Gasteiger partial charge in [0.1, 0.15) is 0 Å². The van der Waals surface area contributed by atoms with Crippen LogP contribution in [0.25, 0.3) is 10.9 Å². The zero-order chi connectivity index (χ0) is 16.5. The summed E-state index contributed by atoms with van der Waals surface area (Å²) in [6, 6.07) is 9.71. The van der Waals surface area contributed by atoms with Crippen molar-refractivity contribution in [2.24, 2.45) is 0 Å². The highest BCUT2D eigenvalue weighted by Gasteiger charge is 2.28. The van der Waals surface area contributed by atoms with Crippen molar-refractivity contribution in [3.63, 3.8) is 0 Å². The van der Waals surface area contributed by atoms with E-state index in [1.807, 2.05) is 41.4 Å². The molecule has 3 heterocycles. The number of aryl methyl sites for hydroxylation is 1. The largest absolute Gasteiger partial charge is 0.338 e. The third kappa shape index (κ3) is 2.80. The van der Waals surface area contributed by atoms with Crippen molar-refractivity contribution in [1.29, 1.82) is 0 Å². The lowest BCUT2D eigenvalue weighted by molar-refractivity contribution is 0.0709. The average Bonchev–Trinajstić information content (AvgIpc) is 3.07. The zero-order valence-corrected chi connectivity index (χ0v) is 14.4. The number of piperidine rings is 1. The molecule has 0 radical (unpaired) electrons. The first-order chi connectivity index (χ1) is 11.7. The van der Waals surface area contributed by atoms with Gasteiger partial charge in [-0.15, -0.1) is 11.3 Å². The molecule has 5 heteroatoms. The fourth-order valence-electron chi connectivity index (χ4n) is 3.37. The molecule has 122 valence electrons. The monoisotopic (exact) mass is 337 g/mol. The van der Waals surface area contributed by atoms with Gasteiger partial charge in [0, 0.05) is 41.7 Å². The molecule has 1 aliphatic rings. The summed E-state index contributed by atoms with van der Waals surface area (Å²) in [4.78, 5) is 25.2. The van der Waals surface area contributed by atoms with Crippen LogP contribution in [0.1, 0.15) is 39.0 Å². The first-order valence-corrected chi connectivity index (χ1v) is 9.09. The second-order valence-electron chi connectivity index (χ2n) is 6.28. The predicted octanol–water partition coefficient (Wildman–Crippen LogP) is 4.02. The summed E-state index contributed by atoms with van der Waals surface area (Å²) in [7, 11) is 0. The van der Waals surface area contributed by atoms with E-state index in [0.29, 0.717) is 11.5 Å². The summed E-state index contributed by atoms with van der Waals surface area (Å²) in [5.41, 5.74) is 1.49. The molecular weight excluding hydrogens is 318 g/mol. The highest BCUT2D eigenvalue weighted by Crippen LogP contribution is 2.31. The van der Waals surface area contributed by atoms with Gasteiger partial charge in [-0.25, -0.2) is 4.98 Å². The lowest BCUT2D eigenvalue weighted by Gasteiger charge is -2.32. The van der Waals surface area contributed by atoms with Crippen LogP contribution in [0, 0.1) is 6.92 Å². The minimum Gasteiger partial charge on any atom is -0.338 e. The summed E-state index contributed by atoms with van der Waals surface area (Å²) >= 11 is 1.74. The van der Waals surface area contributed by atoms with Crippen LogP contribution in [-0.4, -0.2) is 33.9 Å². The molecule has 0 spiro atoms. The van der Waals surface area contributed by atoms with E-state index in [1.54, 1.807) is 17.5 Å². The molecule has 24 heavy (non-hydrogen) atoms. The fourth-order valence-corrected chi connectivity index (χ4v) is 4.27. The average molecular weight is 337 g/mol.